The van der Waals surface area contributed by atoms with Crippen molar-refractivity contribution in [2.45, 2.75) is 38.1 Å². The summed E-state index contributed by atoms with van der Waals surface area (Å²) in [5, 5.41) is 8.87. The summed E-state index contributed by atoms with van der Waals surface area (Å²) in [6.45, 7) is 0.750. The van der Waals surface area contributed by atoms with Crippen LogP contribution in [-0.2, 0) is 4.74 Å². The van der Waals surface area contributed by atoms with Gasteiger partial charge in [0.05, 0.1) is 12.2 Å². The average Bonchev–Trinajstić information content (AvgIpc) is 2.80. The Bertz CT molecular complexity index is 944. The largest absolute Gasteiger partial charge is 0.490 e. The number of thiocarbonyl (C=S) groups is 1. The highest BCUT2D eigenvalue weighted by Gasteiger charge is 2.17. The fourth-order valence-corrected chi connectivity index (χ4v) is 3.81. The number of ether oxygens (including phenoxy) is 2. The van der Waals surface area contributed by atoms with Gasteiger partial charge in [-0.25, -0.2) is 0 Å². The number of methoxy groups -OCH3 is 1. The Balaban J connectivity index is 1.57. The first-order chi connectivity index (χ1) is 15.6. The van der Waals surface area contributed by atoms with E-state index in [2.05, 4.69) is 16.0 Å². The number of amides is 2. The summed E-state index contributed by atoms with van der Waals surface area (Å²) in [5.74, 6) is -0.0365. The van der Waals surface area contributed by atoms with Crippen LogP contribution in [0, 0.1) is 0 Å². The van der Waals surface area contributed by atoms with E-state index in [0.29, 0.717) is 35.8 Å². The van der Waals surface area contributed by atoms with Crippen LogP contribution in [0.5, 0.6) is 5.75 Å². The van der Waals surface area contributed by atoms with Gasteiger partial charge in [-0.1, -0.05) is 37.5 Å². The Hall–Kier alpha value is -2.97. The SMILES string of the molecule is COCCOc1ccccc1C(=O)NC(=S)Nc1cccc(C(=O)NC2CCCCC2)c1. The molecule has 0 heterocycles. The van der Waals surface area contributed by atoms with Crippen molar-refractivity contribution in [1.29, 1.82) is 0 Å². The first-order valence-corrected chi connectivity index (χ1v) is 11.2. The summed E-state index contributed by atoms with van der Waals surface area (Å²) in [6, 6.07) is 14.2. The molecule has 0 unspecified atom stereocenters. The van der Waals surface area contributed by atoms with Gasteiger partial charge in [0.25, 0.3) is 11.8 Å². The topological polar surface area (TPSA) is 88.7 Å². The van der Waals surface area contributed by atoms with E-state index in [-0.39, 0.29) is 23.0 Å². The van der Waals surface area contributed by atoms with Gasteiger partial charge in [0.2, 0.25) is 0 Å². The van der Waals surface area contributed by atoms with Crippen LogP contribution in [0.3, 0.4) is 0 Å². The van der Waals surface area contributed by atoms with Gasteiger partial charge in [0.15, 0.2) is 5.11 Å². The third-order valence-electron chi connectivity index (χ3n) is 5.23. The third kappa shape index (κ3) is 7.03. The Labute approximate surface area is 193 Å². The van der Waals surface area contributed by atoms with Crippen molar-refractivity contribution >= 4 is 34.8 Å². The predicted molar refractivity (Wildman–Crippen MR) is 128 cm³/mol. The number of hydrogen-bond acceptors (Lipinski definition) is 5. The minimum absolute atomic E-state index is 0.0994. The van der Waals surface area contributed by atoms with Crippen LogP contribution in [0.4, 0.5) is 5.69 Å². The molecule has 2 aromatic carbocycles. The molecule has 0 aliphatic heterocycles. The molecule has 170 valence electrons. The van der Waals surface area contributed by atoms with E-state index in [1.165, 1.54) is 6.42 Å². The van der Waals surface area contributed by atoms with Crippen molar-refractivity contribution in [2.75, 3.05) is 25.6 Å². The number of benzene rings is 2. The number of rotatable bonds is 8. The second-order valence-corrected chi connectivity index (χ2v) is 8.04. The fraction of sp³-hybridized carbons (Fsp3) is 0.375. The number of hydrogen-bond donors (Lipinski definition) is 3. The molecule has 1 aliphatic carbocycles. The monoisotopic (exact) mass is 455 g/mol. The standard InChI is InChI=1S/C24H29N3O4S/c1-30-14-15-31-21-13-6-5-12-20(21)23(29)27-24(32)26-19-11-7-8-17(16-19)22(28)25-18-9-3-2-4-10-18/h5-8,11-13,16,18H,2-4,9-10,14-15H2,1H3,(H,25,28)(H2,26,27,29,32). The maximum Gasteiger partial charge on any atom is 0.261 e. The minimum Gasteiger partial charge on any atom is -0.490 e. The van der Waals surface area contributed by atoms with Crippen molar-refractivity contribution < 1.29 is 19.1 Å². The minimum atomic E-state index is -0.387. The molecule has 2 aromatic rings. The number of carbonyl (C=O) groups is 2. The highest BCUT2D eigenvalue weighted by molar-refractivity contribution is 7.80. The molecular formula is C24H29N3O4S. The summed E-state index contributed by atoms with van der Waals surface area (Å²) in [6.07, 6.45) is 5.59. The Kier molecular flexibility index (Phi) is 9.01. The number of carbonyl (C=O) groups excluding carboxylic acids is 2. The number of nitrogens with one attached hydrogen (secondary N) is 3. The summed E-state index contributed by atoms with van der Waals surface area (Å²) >= 11 is 5.30. The molecule has 3 rings (SSSR count). The normalized spacial score (nSPS) is 13.8. The van der Waals surface area contributed by atoms with Crippen LogP contribution in [0.15, 0.2) is 48.5 Å². The lowest BCUT2D eigenvalue weighted by atomic mass is 9.95. The van der Waals surface area contributed by atoms with Crippen LogP contribution in [0.2, 0.25) is 0 Å². The number of anilines is 1. The Morgan fingerprint density at radius 1 is 1.00 bits per heavy atom. The molecule has 0 saturated heterocycles. The van der Waals surface area contributed by atoms with Crippen molar-refractivity contribution in [3.63, 3.8) is 0 Å². The van der Waals surface area contributed by atoms with Crippen molar-refractivity contribution in [3.8, 4) is 5.75 Å². The van der Waals surface area contributed by atoms with E-state index < -0.39 is 0 Å². The van der Waals surface area contributed by atoms with E-state index in [4.69, 9.17) is 21.7 Å². The lowest BCUT2D eigenvalue weighted by Crippen LogP contribution is -2.36. The van der Waals surface area contributed by atoms with E-state index in [1.807, 2.05) is 0 Å². The molecule has 0 spiro atoms. The summed E-state index contributed by atoms with van der Waals surface area (Å²) < 4.78 is 10.6. The molecule has 1 saturated carbocycles. The van der Waals surface area contributed by atoms with Gasteiger partial charge in [-0.2, -0.15) is 0 Å². The fourth-order valence-electron chi connectivity index (χ4n) is 3.60. The molecule has 1 fully saturated rings. The molecule has 0 radical (unpaired) electrons. The van der Waals surface area contributed by atoms with Crippen LogP contribution in [0.1, 0.15) is 52.8 Å². The molecule has 8 heteroatoms. The van der Waals surface area contributed by atoms with Gasteiger partial charge in [-0.3, -0.25) is 14.9 Å². The van der Waals surface area contributed by atoms with E-state index in [0.717, 1.165) is 25.7 Å². The van der Waals surface area contributed by atoms with Gasteiger partial charge >= 0.3 is 0 Å². The van der Waals surface area contributed by atoms with Gasteiger partial charge in [0.1, 0.15) is 12.4 Å². The highest BCUT2D eigenvalue weighted by atomic mass is 32.1. The second-order valence-electron chi connectivity index (χ2n) is 7.63. The first-order valence-electron chi connectivity index (χ1n) is 10.8. The van der Waals surface area contributed by atoms with E-state index in [1.54, 1.807) is 55.6 Å². The smallest absolute Gasteiger partial charge is 0.261 e. The van der Waals surface area contributed by atoms with Crippen LogP contribution in [0.25, 0.3) is 0 Å². The van der Waals surface area contributed by atoms with Crippen LogP contribution < -0.4 is 20.7 Å². The maximum absolute atomic E-state index is 12.7. The van der Waals surface area contributed by atoms with Gasteiger partial charge in [-0.05, 0) is 55.4 Å². The molecule has 0 bridgehead atoms. The van der Waals surface area contributed by atoms with Gasteiger partial charge in [-0.15, -0.1) is 0 Å². The maximum atomic E-state index is 12.7. The molecule has 3 N–H and O–H groups in total. The van der Waals surface area contributed by atoms with Crippen molar-refractivity contribution in [3.05, 3.63) is 59.7 Å². The zero-order chi connectivity index (χ0) is 22.8. The van der Waals surface area contributed by atoms with Crippen LogP contribution in [-0.4, -0.2) is 43.3 Å². The van der Waals surface area contributed by atoms with Crippen LogP contribution >= 0.6 is 12.2 Å². The quantitative estimate of drug-likeness (QED) is 0.413. The first kappa shape index (κ1) is 23.7. The van der Waals surface area contributed by atoms with Gasteiger partial charge in [0, 0.05) is 24.4 Å². The summed E-state index contributed by atoms with van der Waals surface area (Å²) in [7, 11) is 1.58. The lowest BCUT2D eigenvalue weighted by molar-refractivity contribution is 0.0926. The highest BCUT2D eigenvalue weighted by Crippen LogP contribution is 2.19. The zero-order valence-corrected chi connectivity index (χ0v) is 19.0. The third-order valence-corrected chi connectivity index (χ3v) is 5.43. The molecule has 1 aliphatic rings. The Morgan fingerprint density at radius 2 is 1.78 bits per heavy atom. The second kappa shape index (κ2) is 12.2. The lowest BCUT2D eigenvalue weighted by Gasteiger charge is -2.22. The molecule has 0 aromatic heterocycles. The van der Waals surface area contributed by atoms with E-state index >= 15 is 0 Å². The average molecular weight is 456 g/mol. The summed E-state index contributed by atoms with van der Waals surface area (Å²) in [4.78, 5) is 25.3. The molecule has 2 amide bonds. The number of para-hydroxylation sites is 1. The predicted octanol–water partition coefficient (Wildman–Crippen LogP) is 3.90. The van der Waals surface area contributed by atoms with Crippen molar-refractivity contribution in [1.82, 2.24) is 10.6 Å². The Morgan fingerprint density at radius 3 is 2.56 bits per heavy atom. The zero-order valence-electron chi connectivity index (χ0n) is 18.2. The van der Waals surface area contributed by atoms with Crippen molar-refractivity contribution in [2.24, 2.45) is 0 Å². The molecular weight excluding hydrogens is 426 g/mol. The molecule has 32 heavy (non-hydrogen) atoms. The van der Waals surface area contributed by atoms with Gasteiger partial charge < -0.3 is 20.1 Å². The molecule has 0 atom stereocenters. The van der Waals surface area contributed by atoms with E-state index in [9.17, 15) is 9.59 Å². The molecule has 7 nitrogen and oxygen atoms in total. The summed E-state index contributed by atoms with van der Waals surface area (Å²) in [5.41, 5.74) is 1.54.